The average molecular weight is 287 g/mol. The van der Waals surface area contributed by atoms with Crippen LogP contribution in [0.5, 0.6) is 0 Å². The van der Waals surface area contributed by atoms with Gasteiger partial charge in [-0.1, -0.05) is 0 Å². The summed E-state index contributed by atoms with van der Waals surface area (Å²) in [6, 6.07) is 0. The van der Waals surface area contributed by atoms with E-state index in [0.717, 1.165) is 6.20 Å². The largest absolute Gasteiger partial charge is 0.481 e. The Morgan fingerprint density at radius 1 is 1.60 bits per heavy atom. The lowest BCUT2D eigenvalue weighted by molar-refractivity contribution is -0.142. The molecule has 1 heterocycles. The first-order valence-electron chi connectivity index (χ1n) is 3.78. The van der Waals surface area contributed by atoms with Gasteiger partial charge < -0.3 is 5.11 Å². The van der Waals surface area contributed by atoms with Crippen LogP contribution in [0.4, 0.5) is 13.2 Å². The van der Waals surface area contributed by atoms with Crippen molar-refractivity contribution in [3.63, 3.8) is 0 Å². The summed E-state index contributed by atoms with van der Waals surface area (Å²) in [6.45, 7) is -1.23. The number of alkyl halides is 3. The minimum absolute atomic E-state index is 0.0757. The molecule has 0 spiro atoms. The highest BCUT2D eigenvalue weighted by atomic mass is 79.9. The molecule has 8 heteroatoms. The van der Waals surface area contributed by atoms with Gasteiger partial charge in [-0.05, 0) is 15.9 Å². The highest BCUT2D eigenvalue weighted by Gasteiger charge is 2.29. The van der Waals surface area contributed by atoms with E-state index in [9.17, 15) is 18.0 Å². The first kappa shape index (κ1) is 12.0. The topological polar surface area (TPSA) is 55.1 Å². The first-order chi connectivity index (χ1) is 6.78. The Morgan fingerprint density at radius 3 is 2.67 bits per heavy atom. The molecule has 0 unspecified atom stereocenters. The zero-order valence-electron chi connectivity index (χ0n) is 7.25. The van der Waals surface area contributed by atoms with Crippen LogP contribution in [-0.4, -0.2) is 27.0 Å². The molecule has 0 aliphatic rings. The van der Waals surface area contributed by atoms with Crippen LogP contribution >= 0.6 is 15.9 Å². The summed E-state index contributed by atoms with van der Waals surface area (Å²) in [7, 11) is 0. The molecule has 0 radical (unpaired) electrons. The number of hydrogen-bond donors (Lipinski definition) is 1. The van der Waals surface area contributed by atoms with E-state index in [-0.39, 0.29) is 10.2 Å². The van der Waals surface area contributed by atoms with Crippen LogP contribution in [0, 0.1) is 0 Å². The number of hydrogen-bond acceptors (Lipinski definition) is 2. The summed E-state index contributed by atoms with van der Waals surface area (Å²) in [4.78, 5) is 10.3. The Balaban J connectivity index is 2.81. The van der Waals surface area contributed by atoms with Crippen molar-refractivity contribution in [1.29, 1.82) is 0 Å². The van der Waals surface area contributed by atoms with Gasteiger partial charge in [0.05, 0.1) is 16.6 Å². The lowest BCUT2D eigenvalue weighted by atomic mass is 10.3. The molecule has 0 amide bonds. The number of aliphatic carboxylic acids is 1. The van der Waals surface area contributed by atoms with Crippen molar-refractivity contribution < 1.29 is 23.1 Å². The number of carbonyl (C=O) groups is 1. The lowest BCUT2D eigenvalue weighted by Gasteiger charge is -2.04. The summed E-state index contributed by atoms with van der Waals surface area (Å²) in [6.07, 6.45) is -3.68. The normalized spacial score (nSPS) is 11.7. The monoisotopic (exact) mass is 286 g/mol. The molecule has 0 aromatic carbocycles. The molecule has 84 valence electrons. The van der Waals surface area contributed by atoms with Crippen LogP contribution < -0.4 is 0 Å². The fourth-order valence-corrected chi connectivity index (χ4v) is 1.42. The van der Waals surface area contributed by atoms with E-state index in [0.29, 0.717) is 4.68 Å². The Labute approximate surface area is 90.8 Å². The molecule has 0 aliphatic carbocycles. The van der Waals surface area contributed by atoms with E-state index in [1.165, 1.54) is 0 Å². The van der Waals surface area contributed by atoms with Crippen molar-refractivity contribution in [1.82, 2.24) is 9.78 Å². The van der Waals surface area contributed by atoms with Crippen molar-refractivity contribution >= 4 is 21.9 Å². The molecule has 1 N–H and O–H groups in total. The van der Waals surface area contributed by atoms with E-state index in [1.54, 1.807) is 0 Å². The second kappa shape index (κ2) is 4.21. The number of carboxylic acid groups (broad SMARTS) is 1. The predicted octanol–water partition coefficient (Wildman–Crippen LogP) is 1.83. The molecule has 0 fully saturated rings. The van der Waals surface area contributed by atoms with Gasteiger partial charge in [0.25, 0.3) is 0 Å². The lowest BCUT2D eigenvalue weighted by Crippen LogP contribution is -2.18. The SMILES string of the molecule is O=C(O)Cc1nn(CC(F)(F)F)cc1Br. The minimum Gasteiger partial charge on any atom is -0.481 e. The first-order valence-corrected chi connectivity index (χ1v) is 4.57. The van der Waals surface area contributed by atoms with Crippen LogP contribution in [0.25, 0.3) is 0 Å². The third-order valence-corrected chi connectivity index (χ3v) is 2.11. The van der Waals surface area contributed by atoms with E-state index in [4.69, 9.17) is 5.11 Å². The Bertz CT molecular complexity index is 375. The molecular formula is C7H6BrF3N2O2. The van der Waals surface area contributed by atoms with E-state index < -0.39 is 25.1 Å². The molecule has 1 rings (SSSR count). The molecule has 0 aliphatic heterocycles. The van der Waals surface area contributed by atoms with Gasteiger partial charge in [0.15, 0.2) is 0 Å². The number of nitrogens with zero attached hydrogens (tertiary/aromatic N) is 2. The van der Waals surface area contributed by atoms with Crippen molar-refractivity contribution in [2.24, 2.45) is 0 Å². The van der Waals surface area contributed by atoms with Gasteiger partial charge >= 0.3 is 12.1 Å². The van der Waals surface area contributed by atoms with Crippen molar-refractivity contribution in [2.75, 3.05) is 0 Å². The highest BCUT2D eigenvalue weighted by molar-refractivity contribution is 9.10. The molecule has 4 nitrogen and oxygen atoms in total. The smallest absolute Gasteiger partial charge is 0.408 e. The minimum atomic E-state index is -4.37. The van der Waals surface area contributed by atoms with Crippen molar-refractivity contribution in [2.45, 2.75) is 19.1 Å². The van der Waals surface area contributed by atoms with Gasteiger partial charge in [-0.25, -0.2) is 0 Å². The third-order valence-electron chi connectivity index (χ3n) is 1.45. The number of aromatic nitrogens is 2. The summed E-state index contributed by atoms with van der Waals surface area (Å²) < 4.78 is 36.8. The Kier molecular flexibility index (Phi) is 3.38. The van der Waals surface area contributed by atoms with E-state index in [2.05, 4.69) is 21.0 Å². The van der Waals surface area contributed by atoms with Gasteiger partial charge in [0, 0.05) is 6.20 Å². The second-order valence-electron chi connectivity index (χ2n) is 2.81. The summed E-state index contributed by atoms with van der Waals surface area (Å²) in [5.41, 5.74) is 0.0757. The fourth-order valence-electron chi connectivity index (χ4n) is 0.965. The van der Waals surface area contributed by atoms with Gasteiger partial charge in [0.2, 0.25) is 0 Å². The van der Waals surface area contributed by atoms with Crippen LogP contribution in [-0.2, 0) is 17.8 Å². The number of halogens is 4. The average Bonchev–Trinajstić information content (AvgIpc) is 2.26. The maximum Gasteiger partial charge on any atom is 0.408 e. The second-order valence-corrected chi connectivity index (χ2v) is 3.66. The molecule has 0 bridgehead atoms. The molecule has 0 atom stereocenters. The molecule has 1 aromatic heterocycles. The molecule has 0 saturated carbocycles. The van der Waals surface area contributed by atoms with E-state index in [1.807, 2.05) is 0 Å². The predicted molar refractivity (Wildman–Crippen MR) is 47.3 cm³/mol. The number of rotatable bonds is 3. The summed E-state index contributed by atoms with van der Waals surface area (Å²) in [5, 5.41) is 11.9. The maximum absolute atomic E-state index is 12.0. The highest BCUT2D eigenvalue weighted by Crippen LogP contribution is 2.20. The van der Waals surface area contributed by atoms with Crippen LogP contribution in [0.1, 0.15) is 5.69 Å². The zero-order chi connectivity index (χ0) is 11.6. The van der Waals surface area contributed by atoms with Crippen molar-refractivity contribution in [3.05, 3.63) is 16.4 Å². The van der Waals surface area contributed by atoms with Gasteiger partial charge in [-0.3, -0.25) is 9.48 Å². The molecule has 15 heavy (non-hydrogen) atoms. The van der Waals surface area contributed by atoms with Crippen LogP contribution in [0.15, 0.2) is 10.7 Å². The van der Waals surface area contributed by atoms with Gasteiger partial charge in [0.1, 0.15) is 6.54 Å². The van der Waals surface area contributed by atoms with Crippen LogP contribution in [0.2, 0.25) is 0 Å². The van der Waals surface area contributed by atoms with Gasteiger partial charge in [-0.15, -0.1) is 0 Å². The molecular weight excluding hydrogens is 281 g/mol. The molecule has 1 aromatic rings. The summed E-state index contributed by atoms with van der Waals surface area (Å²) in [5.74, 6) is -1.15. The fraction of sp³-hybridized carbons (Fsp3) is 0.429. The van der Waals surface area contributed by atoms with E-state index >= 15 is 0 Å². The van der Waals surface area contributed by atoms with Crippen molar-refractivity contribution in [3.8, 4) is 0 Å². The zero-order valence-corrected chi connectivity index (χ0v) is 8.84. The Hall–Kier alpha value is -1.05. The Morgan fingerprint density at radius 2 is 2.20 bits per heavy atom. The quantitative estimate of drug-likeness (QED) is 0.922. The maximum atomic E-state index is 12.0. The molecule has 0 saturated heterocycles. The van der Waals surface area contributed by atoms with Gasteiger partial charge in [-0.2, -0.15) is 18.3 Å². The van der Waals surface area contributed by atoms with Crippen LogP contribution in [0.3, 0.4) is 0 Å². The standard InChI is InChI=1S/C7H6BrF3N2O2/c8-4-2-13(3-7(9,10)11)12-5(4)1-6(14)15/h2H,1,3H2,(H,14,15). The third kappa shape index (κ3) is 3.90. The summed E-state index contributed by atoms with van der Waals surface area (Å²) >= 11 is 2.94. The number of carboxylic acids is 1.